The highest BCUT2D eigenvalue weighted by Crippen LogP contribution is 2.07. The minimum atomic E-state index is -0.218. The van der Waals surface area contributed by atoms with Gasteiger partial charge in [0.15, 0.2) is 0 Å². The van der Waals surface area contributed by atoms with E-state index in [1.165, 1.54) is 17.7 Å². The Morgan fingerprint density at radius 1 is 1.38 bits per heavy atom. The largest absolute Gasteiger partial charge is 0.282 e. The number of carbonyl (C=O) groups excluding carboxylic acids is 1. The second-order valence-corrected chi connectivity index (χ2v) is 3.68. The molecule has 4 nitrogen and oxygen atoms in total. The van der Waals surface area contributed by atoms with E-state index in [2.05, 4.69) is 15.0 Å². The van der Waals surface area contributed by atoms with Crippen molar-refractivity contribution >= 4 is 36.0 Å². The first-order chi connectivity index (χ1) is 6.36. The third-order valence-electron chi connectivity index (χ3n) is 1.91. The molecule has 1 amide bonds. The van der Waals surface area contributed by atoms with Crippen LogP contribution in [-0.2, 0) is 0 Å². The maximum atomic E-state index is 11.4. The second kappa shape index (κ2) is 2.20. The fourth-order valence-electron chi connectivity index (χ4n) is 1.35. The van der Waals surface area contributed by atoms with Gasteiger partial charge in [-0.05, 0) is 0 Å². The third-order valence-corrected chi connectivity index (χ3v) is 2.96. The van der Waals surface area contributed by atoms with Crippen LogP contribution in [0.25, 0.3) is 6.20 Å². The summed E-state index contributed by atoms with van der Waals surface area (Å²) in [7, 11) is 0. The van der Waals surface area contributed by atoms with Crippen LogP contribution in [0.1, 0.15) is 15.9 Å². The van der Waals surface area contributed by atoms with Crippen molar-refractivity contribution in [3.63, 3.8) is 0 Å². The summed E-state index contributed by atoms with van der Waals surface area (Å²) in [6.45, 7) is 0. The van der Waals surface area contributed by atoms with Crippen LogP contribution in [-0.4, -0.2) is 18.5 Å². The number of hydrogen-bond donors (Lipinski definition) is 0. The molecule has 3 rings (SSSR count). The highest BCUT2D eigenvalue weighted by molar-refractivity contribution is 7.08. The van der Waals surface area contributed by atoms with Gasteiger partial charge in [0.05, 0.1) is 10.1 Å². The van der Waals surface area contributed by atoms with Crippen LogP contribution in [0.5, 0.6) is 0 Å². The number of aliphatic imine (C=N–C) groups is 2. The molecule has 3 heterocycles. The van der Waals surface area contributed by atoms with Crippen LogP contribution in [0.15, 0.2) is 15.0 Å². The lowest BCUT2D eigenvalue weighted by Gasteiger charge is -1.94. The summed E-state index contributed by atoms with van der Waals surface area (Å²) < 4.78 is 1.74. The molecule has 0 aliphatic carbocycles. The Kier molecular flexibility index (Phi) is 1.16. The van der Waals surface area contributed by atoms with Gasteiger partial charge in [-0.3, -0.25) is 9.79 Å². The first-order valence-electron chi connectivity index (χ1n) is 3.67. The molecular weight excluding hydrogens is 186 g/mol. The summed E-state index contributed by atoms with van der Waals surface area (Å²) in [5, 5.41) is 0. The van der Waals surface area contributed by atoms with Gasteiger partial charge in [0.2, 0.25) is 0 Å². The normalized spacial score (nSPS) is 16.5. The average molecular weight is 189 g/mol. The molecule has 2 aliphatic heterocycles. The van der Waals surface area contributed by atoms with Gasteiger partial charge in [0.25, 0.3) is 5.91 Å². The molecule has 2 aliphatic rings. The molecule has 5 heteroatoms. The minimum Gasteiger partial charge on any atom is -0.267 e. The first-order valence-corrected chi connectivity index (χ1v) is 4.49. The van der Waals surface area contributed by atoms with Gasteiger partial charge in [0.1, 0.15) is 11.0 Å². The SMILES string of the molecule is O=C1N=CN=c2sc3c(c21)C=NC=3. The lowest BCUT2D eigenvalue weighted by molar-refractivity contribution is 0.100. The van der Waals surface area contributed by atoms with Crippen LogP contribution in [0.3, 0.4) is 0 Å². The van der Waals surface area contributed by atoms with Crippen molar-refractivity contribution in [2.24, 2.45) is 15.0 Å². The van der Waals surface area contributed by atoms with Crippen molar-refractivity contribution in [2.45, 2.75) is 0 Å². The fraction of sp³-hybridized carbons (Fsp3) is 0. The Morgan fingerprint density at radius 2 is 2.31 bits per heavy atom. The number of amides is 1. The predicted molar refractivity (Wildman–Crippen MR) is 50.0 cm³/mol. The van der Waals surface area contributed by atoms with Gasteiger partial charge < -0.3 is 0 Å². The van der Waals surface area contributed by atoms with Crippen LogP contribution in [0, 0.1) is 0 Å². The number of thiophene rings is 1. The van der Waals surface area contributed by atoms with E-state index in [0.717, 1.165) is 14.8 Å². The van der Waals surface area contributed by atoms with Crippen LogP contribution in [0.2, 0.25) is 0 Å². The monoisotopic (exact) mass is 189 g/mol. The van der Waals surface area contributed by atoms with Gasteiger partial charge >= 0.3 is 0 Å². The number of fused-ring (bicyclic) bond motifs is 3. The topological polar surface area (TPSA) is 54.1 Å². The Hall–Kier alpha value is -1.62. The summed E-state index contributed by atoms with van der Waals surface area (Å²) in [5.41, 5.74) is 1.46. The Labute approximate surface area is 76.7 Å². The number of nitrogens with zero attached hydrogens (tertiary/aromatic N) is 3. The van der Waals surface area contributed by atoms with E-state index in [0.29, 0.717) is 5.56 Å². The van der Waals surface area contributed by atoms with Gasteiger partial charge in [-0.1, -0.05) is 0 Å². The van der Waals surface area contributed by atoms with Crippen molar-refractivity contribution < 1.29 is 4.79 Å². The smallest absolute Gasteiger partial charge is 0.267 e. The summed E-state index contributed by atoms with van der Waals surface area (Å²) in [5.74, 6) is -0.218. The highest BCUT2D eigenvalue weighted by Gasteiger charge is 2.19. The number of rotatable bonds is 0. The zero-order valence-corrected chi connectivity index (χ0v) is 7.21. The van der Waals surface area contributed by atoms with Crippen LogP contribution < -0.4 is 9.20 Å². The molecule has 13 heavy (non-hydrogen) atoms. The van der Waals surface area contributed by atoms with E-state index < -0.39 is 0 Å². The molecule has 1 aromatic rings. The highest BCUT2D eigenvalue weighted by atomic mass is 32.1. The molecule has 0 fully saturated rings. The molecule has 0 saturated carbocycles. The summed E-state index contributed by atoms with van der Waals surface area (Å²) in [6.07, 6.45) is 4.72. The lowest BCUT2D eigenvalue weighted by Crippen LogP contribution is -2.15. The average Bonchev–Trinajstić information content (AvgIpc) is 2.62. The van der Waals surface area contributed by atoms with E-state index in [9.17, 15) is 4.79 Å². The van der Waals surface area contributed by atoms with E-state index in [1.807, 2.05) is 0 Å². The van der Waals surface area contributed by atoms with Gasteiger partial charge in [-0.15, -0.1) is 11.3 Å². The van der Waals surface area contributed by atoms with Gasteiger partial charge in [0, 0.05) is 18.0 Å². The van der Waals surface area contributed by atoms with Gasteiger partial charge in [-0.2, -0.15) is 4.99 Å². The molecule has 0 atom stereocenters. The molecule has 0 bridgehead atoms. The molecule has 0 spiro atoms. The predicted octanol–water partition coefficient (Wildman–Crippen LogP) is -0.280. The number of hydrogen-bond acceptors (Lipinski definition) is 4. The van der Waals surface area contributed by atoms with E-state index in [4.69, 9.17) is 0 Å². The molecule has 0 unspecified atom stereocenters. The Morgan fingerprint density at radius 3 is 3.23 bits per heavy atom. The summed E-state index contributed by atoms with van der Waals surface area (Å²) in [4.78, 5) is 23.0. The molecule has 0 radical (unpaired) electrons. The zero-order chi connectivity index (χ0) is 8.84. The molecule has 0 saturated heterocycles. The molecule has 62 valence electrons. The van der Waals surface area contributed by atoms with Gasteiger partial charge in [-0.25, -0.2) is 4.99 Å². The van der Waals surface area contributed by atoms with Crippen molar-refractivity contribution in [3.05, 3.63) is 20.3 Å². The summed E-state index contributed by atoms with van der Waals surface area (Å²) >= 11 is 1.47. The minimum absolute atomic E-state index is 0.218. The lowest BCUT2D eigenvalue weighted by atomic mass is 10.2. The molecule has 0 aromatic carbocycles. The molecular formula is C8H3N3OS. The van der Waals surface area contributed by atoms with Crippen molar-refractivity contribution in [3.8, 4) is 0 Å². The van der Waals surface area contributed by atoms with E-state index in [-0.39, 0.29) is 5.91 Å². The van der Waals surface area contributed by atoms with Crippen molar-refractivity contribution in [1.82, 2.24) is 0 Å². The molecule has 1 aromatic heterocycles. The Bertz CT molecular complexity index is 579. The second-order valence-electron chi connectivity index (χ2n) is 2.65. The fourth-order valence-corrected chi connectivity index (χ4v) is 2.33. The van der Waals surface area contributed by atoms with Crippen molar-refractivity contribution in [1.29, 1.82) is 0 Å². The standard InChI is InChI=1S/C8H3N3OS/c12-7-6-4-1-9-2-5(4)13-8(6)11-3-10-7/h1-3H. The third kappa shape index (κ3) is 0.790. The first kappa shape index (κ1) is 6.85. The quantitative estimate of drug-likeness (QED) is 0.553. The maximum Gasteiger partial charge on any atom is 0.282 e. The Balaban J connectivity index is 2.52. The zero-order valence-electron chi connectivity index (χ0n) is 6.39. The van der Waals surface area contributed by atoms with Crippen LogP contribution >= 0.6 is 11.3 Å². The van der Waals surface area contributed by atoms with Crippen LogP contribution in [0.4, 0.5) is 0 Å². The summed E-state index contributed by atoms with van der Waals surface area (Å²) in [6, 6.07) is 0. The van der Waals surface area contributed by atoms with Crippen molar-refractivity contribution in [2.75, 3.05) is 0 Å². The molecule has 0 N–H and O–H groups in total. The van der Waals surface area contributed by atoms with E-state index in [1.54, 1.807) is 12.4 Å². The number of carbonyl (C=O) groups is 1. The van der Waals surface area contributed by atoms with E-state index >= 15 is 0 Å². The maximum absolute atomic E-state index is 11.4.